The molecule has 0 aliphatic carbocycles. The minimum Gasteiger partial charge on any atom is -0.394 e. The lowest BCUT2D eigenvalue weighted by atomic mass is 10.1. The molecule has 0 fully saturated rings. The van der Waals surface area contributed by atoms with E-state index in [1.54, 1.807) is 6.08 Å². The van der Waals surface area contributed by atoms with Gasteiger partial charge in [-0.25, -0.2) is 4.79 Å². The zero-order chi connectivity index (χ0) is 45.1. The van der Waals surface area contributed by atoms with Gasteiger partial charge in [-0.3, -0.25) is 38.4 Å². The number of hydrogen-bond donors (Lipinski definition) is 15. The standard InChI is InChI=1S/C35H63N11O13/c1-3-4-5-6-7-8-9-12-25(51)43-21(11-10-14-41-35(39)59)30(54)45-23(18-48)32(56)44-22(13-15-40-33(57)26(37)19(2)49)31(55)46-27(28(52)29(38)53)34(58)42-20(17-47)16-24(36)50/h9,12,19-23,26-28,47-49,52H,3-8,10-11,13-18,37H2,1-2H3,(H2,36,50)(H2,38,53)(H,40,57)(H,42,58)(H,43,51)(H,44,56)(H,45,54)(H,46,55)(H3,39,41,59)/b12-9+/t19-,20+,21+,22-,23+,26-,27+,28-/m1/s1. The van der Waals surface area contributed by atoms with E-state index in [1.165, 1.54) is 13.0 Å². The van der Waals surface area contributed by atoms with E-state index in [1.807, 2.05) is 5.32 Å². The average molecular weight is 846 g/mol. The number of nitrogens with two attached hydrogens (primary N) is 4. The van der Waals surface area contributed by atoms with Crippen LogP contribution in [-0.2, 0) is 38.4 Å². The quantitative estimate of drug-likeness (QED) is 0.0228. The van der Waals surface area contributed by atoms with Crippen LogP contribution in [0.4, 0.5) is 4.79 Å². The number of amides is 10. The second-order valence-electron chi connectivity index (χ2n) is 13.6. The van der Waals surface area contributed by atoms with E-state index in [0.717, 1.165) is 32.1 Å². The fourth-order valence-electron chi connectivity index (χ4n) is 5.15. The highest BCUT2D eigenvalue weighted by Gasteiger charge is 2.36. The molecule has 8 atom stereocenters. The Labute approximate surface area is 341 Å². The van der Waals surface area contributed by atoms with Crippen LogP contribution in [0.5, 0.6) is 0 Å². The van der Waals surface area contributed by atoms with Gasteiger partial charge in [0.15, 0.2) is 6.10 Å². The van der Waals surface area contributed by atoms with Crippen LogP contribution in [0.15, 0.2) is 12.2 Å². The molecule has 24 nitrogen and oxygen atoms in total. The van der Waals surface area contributed by atoms with Crippen LogP contribution in [0.1, 0.15) is 78.1 Å². The molecule has 0 saturated heterocycles. The van der Waals surface area contributed by atoms with E-state index in [2.05, 4.69) is 38.8 Å². The summed E-state index contributed by atoms with van der Waals surface area (Å²) in [6.45, 7) is 1.05. The predicted molar refractivity (Wildman–Crippen MR) is 209 cm³/mol. The SMILES string of the molecule is CCCCCCC/C=C/C(=O)N[C@@H](CCCNC(N)=O)C(=O)N[C@@H](CO)C(=O)N[C@H](CCNC(=O)[C@H](N)[C@@H](C)O)C(=O)N[C@H](C(=O)N[C@H](CO)CC(N)=O)[C@@H](O)C(N)=O. The van der Waals surface area contributed by atoms with Gasteiger partial charge in [0.05, 0.1) is 25.4 Å². The van der Waals surface area contributed by atoms with Gasteiger partial charge in [-0.05, 0) is 45.1 Å². The Morgan fingerprint density at radius 1 is 0.644 bits per heavy atom. The fourth-order valence-corrected chi connectivity index (χ4v) is 5.15. The van der Waals surface area contributed by atoms with Crippen molar-refractivity contribution in [1.82, 2.24) is 37.2 Å². The number of hydrogen-bond acceptors (Lipinski definition) is 14. The Morgan fingerprint density at radius 2 is 1.24 bits per heavy atom. The van der Waals surface area contributed by atoms with E-state index in [4.69, 9.17) is 22.9 Å². The molecule has 10 amide bonds. The monoisotopic (exact) mass is 845 g/mol. The molecule has 0 aliphatic rings. The number of nitrogens with one attached hydrogen (secondary N) is 7. The van der Waals surface area contributed by atoms with Crippen molar-refractivity contribution in [2.45, 2.75) is 127 Å². The number of allylic oxidation sites excluding steroid dienone is 1. The maximum atomic E-state index is 13.6. The molecular formula is C35H63N11O13. The van der Waals surface area contributed by atoms with Crippen LogP contribution in [0.2, 0.25) is 0 Å². The molecule has 0 aromatic rings. The first kappa shape index (κ1) is 53.6. The summed E-state index contributed by atoms with van der Waals surface area (Å²) in [6.07, 6.45) is 3.86. The van der Waals surface area contributed by atoms with Crippen molar-refractivity contribution in [1.29, 1.82) is 0 Å². The highest BCUT2D eigenvalue weighted by atomic mass is 16.3. The molecule has 0 rings (SSSR count). The van der Waals surface area contributed by atoms with Crippen LogP contribution < -0.4 is 60.2 Å². The molecule has 19 N–H and O–H groups in total. The van der Waals surface area contributed by atoms with Crippen molar-refractivity contribution in [3.05, 3.63) is 12.2 Å². The number of rotatable bonds is 31. The molecule has 0 aliphatic heterocycles. The Morgan fingerprint density at radius 3 is 1.80 bits per heavy atom. The van der Waals surface area contributed by atoms with E-state index in [0.29, 0.717) is 6.42 Å². The van der Waals surface area contributed by atoms with Crippen LogP contribution in [-0.4, -0.2) is 148 Å². The Bertz CT molecular complexity index is 1430. The second kappa shape index (κ2) is 29.7. The maximum Gasteiger partial charge on any atom is 0.312 e. The number of urea groups is 1. The van der Waals surface area contributed by atoms with Crippen LogP contribution >= 0.6 is 0 Å². The number of carbonyl (C=O) groups excluding carboxylic acids is 9. The first-order chi connectivity index (χ1) is 27.8. The van der Waals surface area contributed by atoms with Crippen molar-refractivity contribution in [3.63, 3.8) is 0 Å². The van der Waals surface area contributed by atoms with Gasteiger partial charge in [0.2, 0.25) is 47.3 Å². The minimum atomic E-state index is -2.40. The molecule has 0 unspecified atom stereocenters. The van der Waals surface area contributed by atoms with Gasteiger partial charge >= 0.3 is 6.03 Å². The van der Waals surface area contributed by atoms with Gasteiger partial charge in [-0.2, -0.15) is 0 Å². The number of unbranched alkanes of at least 4 members (excludes halogenated alkanes) is 5. The molecule has 0 aromatic heterocycles. The Hall–Kier alpha value is -5.43. The van der Waals surface area contributed by atoms with Crippen molar-refractivity contribution in [3.8, 4) is 0 Å². The largest absolute Gasteiger partial charge is 0.394 e. The molecule has 0 radical (unpaired) electrons. The van der Waals surface area contributed by atoms with Crippen molar-refractivity contribution < 1.29 is 63.6 Å². The lowest BCUT2D eigenvalue weighted by molar-refractivity contribution is -0.140. The third kappa shape index (κ3) is 22.9. The minimum absolute atomic E-state index is 0.0250. The van der Waals surface area contributed by atoms with E-state index in [-0.39, 0.29) is 19.4 Å². The molecule has 0 spiro atoms. The van der Waals surface area contributed by atoms with Gasteiger partial charge in [0.1, 0.15) is 30.2 Å². The van der Waals surface area contributed by atoms with Crippen LogP contribution in [0, 0.1) is 0 Å². The lowest BCUT2D eigenvalue weighted by Gasteiger charge is -2.28. The summed E-state index contributed by atoms with van der Waals surface area (Å²) in [6, 6.07) is -10.6. The van der Waals surface area contributed by atoms with Crippen LogP contribution in [0.3, 0.4) is 0 Å². The molecular weight excluding hydrogens is 782 g/mol. The third-order valence-corrected chi connectivity index (χ3v) is 8.55. The van der Waals surface area contributed by atoms with Gasteiger partial charge in [0, 0.05) is 19.5 Å². The highest BCUT2D eigenvalue weighted by Crippen LogP contribution is 2.06. The van der Waals surface area contributed by atoms with Gasteiger partial charge in [0.25, 0.3) is 0 Å². The van der Waals surface area contributed by atoms with E-state index in [9.17, 15) is 63.6 Å². The fraction of sp³-hybridized carbons (Fsp3) is 0.686. The third-order valence-electron chi connectivity index (χ3n) is 8.55. The Balaban J connectivity index is 6.29. The zero-order valence-corrected chi connectivity index (χ0v) is 33.4. The number of primary amides is 3. The summed E-state index contributed by atoms with van der Waals surface area (Å²) >= 11 is 0. The molecule has 0 aromatic carbocycles. The Kier molecular flexibility index (Phi) is 27.0. The smallest absolute Gasteiger partial charge is 0.312 e. The van der Waals surface area contributed by atoms with Crippen molar-refractivity contribution in [2.24, 2.45) is 22.9 Å². The summed E-state index contributed by atoms with van der Waals surface area (Å²) < 4.78 is 0. The first-order valence-electron chi connectivity index (χ1n) is 19.2. The summed E-state index contributed by atoms with van der Waals surface area (Å²) in [5, 5.41) is 55.6. The molecule has 0 saturated carbocycles. The highest BCUT2D eigenvalue weighted by molar-refractivity contribution is 5.98. The van der Waals surface area contributed by atoms with E-state index < -0.39 is 134 Å². The molecule has 0 bridgehead atoms. The van der Waals surface area contributed by atoms with Crippen molar-refractivity contribution >= 4 is 53.3 Å². The predicted octanol–water partition coefficient (Wildman–Crippen LogP) is -6.30. The van der Waals surface area contributed by atoms with Crippen molar-refractivity contribution in [2.75, 3.05) is 26.3 Å². The summed E-state index contributed by atoms with van der Waals surface area (Å²) in [4.78, 5) is 113. The summed E-state index contributed by atoms with van der Waals surface area (Å²) in [7, 11) is 0. The van der Waals surface area contributed by atoms with Gasteiger partial charge < -0.3 is 80.6 Å². The second-order valence-corrected chi connectivity index (χ2v) is 13.6. The first-order valence-corrected chi connectivity index (χ1v) is 19.2. The molecule has 0 heterocycles. The lowest BCUT2D eigenvalue weighted by Crippen LogP contribution is -2.63. The van der Waals surface area contributed by atoms with E-state index >= 15 is 0 Å². The average Bonchev–Trinajstić information content (AvgIpc) is 3.17. The molecule has 336 valence electrons. The van der Waals surface area contributed by atoms with Gasteiger partial charge in [-0.1, -0.05) is 38.7 Å². The number of aliphatic hydroxyl groups excluding tert-OH is 4. The van der Waals surface area contributed by atoms with Crippen LogP contribution in [0.25, 0.3) is 0 Å². The molecule has 59 heavy (non-hydrogen) atoms. The number of carbonyl (C=O) groups is 9. The topological polar surface area (TPSA) is 423 Å². The summed E-state index contributed by atoms with van der Waals surface area (Å²) in [5.41, 5.74) is 21.0. The number of aliphatic hydroxyl groups is 4. The van der Waals surface area contributed by atoms with Gasteiger partial charge in [-0.15, -0.1) is 0 Å². The maximum absolute atomic E-state index is 13.6. The normalized spacial score (nSPS) is 15.2. The molecule has 24 heteroatoms. The zero-order valence-electron chi connectivity index (χ0n) is 33.4. The summed E-state index contributed by atoms with van der Waals surface area (Å²) in [5.74, 6) is -8.68.